The number of rotatable bonds is 7. The number of thiazole rings is 1. The molecule has 1 aromatic heterocycles. The van der Waals surface area contributed by atoms with Crippen molar-refractivity contribution in [2.75, 3.05) is 13.7 Å². The average Bonchev–Trinajstić information content (AvgIpc) is 3.16. The lowest BCUT2D eigenvalue weighted by Crippen LogP contribution is -2.26. The molecule has 0 saturated carbocycles. The van der Waals surface area contributed by atoms with E-state index in [1.807, 2.05) is 36.6 Å². The van der Waals surface area contributed by atoms with Gasteiger partial charge in [0.25, 0.3) is 0 Å². The molecule has 0 aliphatic heterocycles. The molecule has 3 aromatic rings. The number of benzene rings is 2. The first-order chi connectivity index (χ1) is 13.8. The zero-order valence-corrected chi connectivity index (χ0v) is 18.2. The molecule has 0 bridgehead atoms. The number of methoxy groups -OCH3 is 1. The number of carbonyl (C=O) groups excluding carboxylic acids is 1. The number of carbonyl (C=O) groups is 1. The van der Waals surface area contributed by atoms with E-state index in [0.29, 0.717) is 6.42 Å². The Kier molecular flexibility index (Phi) is 6.69. The van der Waals surface area contributed by atoms with E-state index < -0.39 is 16.0 Å². The van der Waals surface area contributed by atoms with Crippen LogP contribution in [0.15, 0.2) is 52.7 Å². The molecule has 152 valence electrons. The van der Waals surface area contributed by atoms with E-state index >= 15 is 0 Å². The third kappa shape index (κ3) is 5.22. The van der Waals surface area contributed by atoms with Gasteiger partial charge in [0.1, 0.15) is 9.90 Å². The highest BCUT2D eigenvalue weighted by Crippen LogP contribution is 2.25. The topological polar surface area (TPSA) is 85.4 Å². The van der Waals surface area contributed by atoms with E-state index in [2.05, 4.69) is 14.4 Å². The zero-order chi connectivity index (χ0) is 21.0. The Morgan fingerprint density at radius 3 is 2.59 bits per heavy atom. The van der Waals surface area contributed by atoms with Gasteiger partial charge in [-0.25, -0.2) is 22.9 Å². The van der Waals surface area contributed by atoms with Gasteiger partial charge in [0, 0.05) is 23.9 Å². The molecule has 1 heterocycles. The molecule has 0 radical (unpaired) electrons. The number of ether oxygens (including phenoxy) is 1. The minimum Gasteiger partial charge on any atom is -0.465 e. The van der Waals surface area contributed by atoms with Crippen LogP contribution in [-0.4, -0.2) is 33.0 Å². The predicted octanol–water partition coefficient (Wildman–Crippen LogP) is 4.08. The van der Waals surface area contributed by atoms with E-state index in [1.54, 1.807) is 0 Å². The summed E-state index contributed by atoms with van der Waals surface area (Å²) in [5.41, 5.74) is 3.20. The Hall–Kier alpha value is -2.26. The van der Waals surface area contributed by atoms with Crippen molar-refractivity contribution in [2.45, 2.75) is 18.2 Å². The Labute approximate surface area is 178 Å². The van der Waals surface area contributed by atoms with Crippen LogP contribution in [0.4, 0.5) is 0 Å². The first-order valence-electron chi connectivity index (χ1n) is 8.69. The number of halogens is 1. The maximum atomic E-state index is 12.5. The summed E-state index contributed by atoms with van der Waals surface area (Å²) >= 11 is 7.57. The maximum absolute atomic E-state index is 12.5. The van der Waals surface area contributed by atoms with E-state index in [9.17, 15) is 13.2 Å². The van der Waals surface area contributed by atoms with Crippen molar-refractivity contribution < 1.29 is 17.9 Å². The Bertz CT molecular complexity index is 1130. The summed E-state index contributed by atoms with van der Waals surface area (Å²) in [6.45, 7) is 2.20. The molecule has 0 aliphatic carbocycles. The summed E-state index contributed by atoms with van der Waals surface area (Å²) in [6, 6.07) is 12.0. The third-order valence-corrected chi connectivity index (χ3v) is 7.05. The number of esters is 1. The van der Waals surface area contributed by atoms with Crippen LogP contribution in [0.5, 0.6) is 0 Å². The van der Waals surface area contributed by atoms with Crippen LogP contribution in [0.25, 0.3) is 10.6 Å². The second-order valence-corrected chi connectivity index (χ2v) is 9.30. The van der Waals surface area contributed by atoms with Crippen LogP contribution in [0.3, 0.4) is 0 Å². The molecular weight excluding hydrogens is 432 g/mol. The van der Waals surface area contributed by atoms with Crippen molar-refractivity contribution in [3.63, 3.8) is 0 Å². The van der Waals surface area contributed by atoms with Crippen molar-refractivity contribution in [3.05, 3.63) is 69.7 Å². The standard InChI is InChI=1S/C20H19ClN2O4S2/c1-13-3-5-14(6-4-13)19-23-16(12-28-19)9-10-22-29(25,26)18-8-7-15(11-17(18)21)20(24)27-2/h3-8,11-12,22H,9-10H2,1-2H3. The fourth-order valence-electron chi connectivity index (χ4n) is 2.61. The summed E-state index contributed by atoms with van der Waals surface area (Å²) in [5.74, 6) is -0.586. The molecule has 0 amide bonds. The monoisotopic (exact) mass is 450 g/mol. The van der Waals surface area contributed by atoms with Gasteiger partial charge >= 0.3 is 5.97 Å². The van der Waals surface area contributed by atoms with Gasteiger partial charge < -0.3 is 4.74 Å². The second kappa shape index (κ2) is 9.04. The average molecular weight is 451 g/mol. The molecule has 0 spiro atoms. The van der Waals surface area contributed by atoms with E-state index in [1.165, 1.54) is 42.2 Å². The Morgan fingerprint density at radius 2 is 1.93 bits per heavy atom. The minimum atomic E-state index is -3.82. The van der Waals surface area contributed by atoms with Crippen LogP contribution in [0.1, 0.15) is 21.6 Å². The van der Waals surface area contributed by atoms with Crippen molar-refractivity contribution in [1.82, 2.24) is 9.71 Å². The fraction of sp³-hybridized carbons (Fsp3) is 0.200. The molecule has 3 rings (SSSR count). The van der Waals surface area contributed by atoms with E-state index in [0.717, 1.165) is 16.3 Å². The molecule has 6 nitrogen and oxygen atoms in total. The SMILES string of the molecule is COC(=O)c1ccc(S(=O)(=O)NCCc2csc(-c3ccc(C)cc3)n2)c(Cl)c1. The lowest BCUT2D eigenvalue weighted by atomic mass is 10.2. The van der Waals surface area contributed by atoms with Gasteiger partial charge in [0.2, 0.25) is 10.0 Å². The smallest absolute Gasteiger partial charge is 0.337 e. The molecule has 29 heavy (non-hydrogen) atoms. The van der Waals surface area contributed by atoms with Gasteiger partial charge in [0.05, 0.1) is 23.4 Å². The molecule has 0 unspecified atom stereocenters. The van der Waals surface area contributed by atoms with Gasteiger partial charge in [-0.05, 0) is 25.1 Å². The van der Waals surface area contributed by atoms with Crippen LogP contribution in [-0.2, 0) is 21.2 Å². The summed E-state index contributed by atoms with van der Waals surface area (Å²) in [4.78, 5) is 16.0. The summed E-state index contributed by atoms with van der Waals surface area (Å²) in [7, 11) is -2.58. The van der Waals surface area contributed by atoms with Gasteiger partial charge in [-0.2, -0.15) is 0 Å². The molecule has 9 heteroatoms. The highest BCUT2D eigenvalue weighted by molar-refractivity contribution is 7.89. The van der Waals surface area contributed by atoms with Crippen LogP contribution < -0.4 is 4.72 Å². The number of hydrogen-bond acceptors (Lipinski definition) is 6. The lowest BCUT2D eigenvalue weighted by molar-refractivity contribution is 0.0600. The highest BCUT2D eigenvalue weighted by Gasteiger charge is 2.19. The molecule has 2 aromatic carbocycles. The maximum Gasteiger partial charge on any atom is 0.337 e. The van der Waals surface area contributed by atoms with Crippen molar-refractivity contribution in [2.24, 2.45) is 0 Å². The number of aryl methyl sites for hydroxylation is 1. The molecule has 0 atom stereocenters. The van der Waals surface area contributed by atoms with Crippen LogP contribution in [0, 0.1) is 6.92 Å². The summed E-state index contributed by atoms with van der Waals surface area (Å²) in [6.07, 6.45) is 0.444. The lowest BCUT2D eigenvalue weighted by Gasteiger charge is -2.09. The molecule has 0 saturated heterocycles. The van der Waals surface area contributed by atoms with Gasteiger partial charge in [0.15, 0.2) is 0 Å². The quantitative estimate of drug-likeness (QED) is 0.548. The number of nitrogens with zero attached hydrogens (tertiary/aromatic N) is 1. The number of aromatic nitrogens is 1. The molecule has 1 N–H and O–H groups in total. The normalized spacial score (nSPS) is 11.4. The fourth-order valence-corrected chi connectivity index (χ4v) is 5.04. The van der Waals surface area contributed by atoms with Crippen molar-refractivity contribution in [1.29, 1.82) is 0 Å². The summed E-state index contributed by atoms with van der Waals surface area (Å²) in [5, 5.41) is 2.77. The first-order valence-corrected chi connectivity index (χ1v) is 11.4. The van der Waals surface area contributed by atoms with Crippen molar-refractivity contribution >= 4 is 38.9 Å². The van der Waals surface area contributed by atoms with E-state index in [4.69, 9.17) is 11.6 Å². The van der Waals surface area contributed by atoms with E-state index in [-0.39, 0.29) is 22.0 Å². The van der Waals surface area contributed by atoms with Crippen molar-refractivity contribution in [3.8, 4) is 10.6 Å². The largest absolute Gasteiger partial charge is 0.465 e. The van der Waals surface area contributed by atoms with Gasteiger partial charge in [-0.1, -0.05) is 41.4 Å². The molecule has 0 aliphatic rings. The van der Waals surface area contributed by atoms with Crippen LogP contribution in [0.2, 0.25) is 5.02 Å². The minimum absolute atomic E-state index is 0.0456. The predicted molar refractivity (Wildman–Crippen MR) is 114 cm³/mol. The number of hydrogen-bond donors (Lipinski definition) is 1. The molecule has 0 fully saturated rings. The molecular formula is C20H19ClN2O4S2. The number of nitrogens with one attached hydrogen (secondary N) is 1. The van der Waals surface area contributed by atoms with Gasteiger partial charge in [-0.3, -0.25) is 0 Å². The summed E-state index contributed by atoms with van der Waals surface area (Å²) < 4.78 is 32.2. The van der Waals surface area contributed by atoms with Gasteiger partial charge in [-0.15, -0.1) is 11.3 Å². The zero-order valence-electron chi connectivity index (χ0n) is 15.8. The van der Waals surface area contributed by atoms with Crippen LogP contribution >= 0.6 is 22.9 Å². The first kappa shape index (κ1) is 21.4. The Balaban J connectivity index is 1.64. The second-order valence-electron chi connectivity index (χ2n) is 6.29. The third-order valence-electron chi connectivity index (χ3n) is 4.17. The highest BCUT2D eigenvalue weighted by atomic mass is 35.5. The Morgan fingerprint density at radius 1 is 1.21 bits per heavy atom. The number of sulfonamides is 1.